The summed E-state index contributed by atoms with van der Waals surface area (Å²) < 4.78 is 15.9. The van der Waals surface area contributed by atoms with E-state index in [-0.39, 0.29) is 24.8 Å². The van der Waals surface area contributed by atoms with Gasteiger partial charge in [0, 0.05) is 26.6 Å². The van der Waals surface area contributed by atoms with Crippen LogP contribution < -0.4 is 14.8 Å². The normalized spacial score (nSPS) is 10.5. The molecule has 1 N–H and O–H groups in total. The van der Waals surface area contributed by atoms with Crippen LogP contribution in [0.3, 0.4) is 0 Å². The number of nitrogens with zero attached hydrogens (tertiary/aromatic N) is 1. The maximum absolute atomic E-state index is 12.3. The number of methoxy groups -OCH3 is 2. The van der Waals surface area contributed by atoms with Crippen LogP contribution in [-0.2, 0) is 11.2 Å². The Hall–Kier alpha value is -2.96. The van der Waals surface area contributed by atoms with Crippen molar-refractivity contribution in [1.29, 1.82) is 0 Å². The number of benzene rings is 1. The van der Waals surface area contributed by atoms with Crippen molar-refractivity contribution in [3.05, 3.63) is 46.9 Å². The first-order valence-electron chi connectivity index (χ1n) is 9.15. The fourth-order valence-electron chi connectivity index (χ4n) is 2.88. The van der Waals surface area contributed by atoms with Gasteiger partial charge in [0.1, 0.15) is 11.5 Å². The molecule has 2 amide bonds. The lowest BCUT2D eigenvalue weighted by Crippen LogP contribution is -2.33. The highest BCUT2D eigenvalue weighted by atomic mass is 16.5. The molecule has 0 radical (unpaired) electrons. The Labute approximate surface area is 165 Å². The highest BCUT2D eigenvalue weighted by Gasteiger charge is 2.14. The minimum Gasteiger partial charge on any atom is -0.493 e. The van der Waals surface area contributed by atoms with E-state index >= 15 is 0 Å². The summed E-state index contributed by atoms with van der Waals surface area (Å²) in [6.07, 6.45) is 0.937. The first-order chi connectivity index (χ1) is 13.3. The number of rotatable bonds is 9. The van der Waals surface area contributed by atoms with Gasteiger partial charge in [-0.3, -0.25) is 9.59 Å². The minimum absolute atomic E-state index is 0.0270. The van der Waals surface area contributed by atoms with Gasteiger partial charge in [-0.1, -0.05) is 6.07 Å². The number of likely N-dealkylation sites (N-methyl/N-ethyl adjacent to an activating group) is 1. The number of hydrogen-bond donors (Lipinski definition) is 1. The number of aryl methyl sites for hydroxylation is 2. The molecular weight excluding hydrogens is 360 g/mol. The van der Waals surface area contributed by atoms with E-state index in [0.29, 0.717) is 41.5 Å². The van der Waals surface area contributed by atoms with Gasteiger partial charge in [-0.05, 0) is 44.0 Å². The molecule has 7 heteroatoms. The molecule has 28 heavy (non-hydrogen) atoms. The number of hydrogen-bond acceptors (Lipinski definition) is 5. The molecule has 152 valence electrons. The molecule has 0 unspecified atom stereocenters. The third-order valence-corrected chi connectivity index (χ3v) is 4.52. The molecule has 0 fully saturated rings. The molecule has 0 saturated heterocycles. The molecule has 0 atom stereocenters. The van der Waals surface area contributed by atoms with Crippen LogP contribution in [0.5, 0.6) is 11.5 Å². The maximum atomic E-state index is 12.3. The second-order valence-corrected chi connectivity index (χ2v) is 6.59. The van der Waals surface area contributed by atoms with Crippen LogP contribution in [0.1, 0.15) is 33.9 Å². The molecule has 0 aliphatic rings. The fourth-order valence-corrected chi connectivity index (χ4v) is 2.88. The zero-order chi connectivity index (χ0) is 20.7. The van der Waals surface area contributed by atoms with Gasteiger partial charge in [0.15, 0.2) is 11.5 Å². The Morgan fingerprint density at radius 1 is 1.11 bits per heavy atom. The van der Waals surface area contributed by atoms with Crippen LogP contribution >= 0.6 is 0 Å². The van der Waals surface area contributed by atoms with Gasteiger partial charge in [-0.25, -0.2) is 0 Å². The predicted molar refractivity (Wildman–Crippen MR) is 106 cm³/mol. The molecule has 2 rings (SSSR count). The molecule has 1 aromatic heterocycles. The molecule has 7 nitrogen and oxygen atoms in total. The standard InChI is InChI=1S/C21H28N2O5/c1-14-12-17(15(2)28-14)21(25)22-10-8-20(24)23(3)11-9-16-6-7-18(26-4)19(13-16)27-5/h6-7,12-13H,8-11H2,1-5H3,(H,22,25). The van der Waals surface area contributed by atoms with Crippen LogP contribution in [0.2, 0.25) is 0 Å². The zero-order valence-corrected chi connectivity index (χ0v) is 17.1. The number of ether oxygens (including phenoxy) is 2. The molecule has 0 aliphatic carbocycles. The van der Waals surface area contributed by atoms with E-state index in [2.05, 4.69) is 5.32 Å². The number of amides is 2. The maximum Gasteiger partial charge on any atom is 0.254 e. The van der Waals surface area contributed by atoms with Crippen LogP contribution in [0.15, 0.2) is 28.7 Å². The Morgan fingerprint density at radius 3 is 2.43 bits per heavy atom. The highest BCUT2D eigenvalue weighted by molar-refractivity contribution is 5.95. The van der Waals surface area contributed by atoms with Gasteiger partial charge in [0.05, 0.1) is 19.8 Å². The average molecular weight is 388 g/mol. The average Bonchev–Trinajstić information content (AvgIpc) is 3.03. The molecule has 1 aromatic carbocycles. The number of carbonyl (C=O) groups excluding carboxylic acids is 2. The third kappa shape index (κ3) is 5.52. The van der Waals surface area contributed by atoms with Crippen LogP contribution in [-0.4, -0.2) is 51.1 Å². The van der Waals surface area contributed by atoms with Crippen molar-refractivity contribution < 1.29 is 23.5 Å². The Balaban J connectivity index is 1.78. The minimum atomic E-state index is -0.227. The third-order valence-electron chi connectivity index (χ3n) is 4.52. The number of carbonyl (C=O) groups is 2. The van der Waals surface area contributed by atoms with Crippen molar-refractivity contribution in [1.82, 2.24) is 10.2 Å². The number of nitrogens with one attached hydrogen (secondary N) is 1. The molecule has 0 spiro atoms. The van der Waals surface area contributed by atoms with Crippen LogP contribution in [0, 0.1) is 13.8 Å². The van der Waals surface area contributed by atoms with Gasteiger partial charge in [-0.15, -0.1) is 0 Å². The van der Waals surface area contributed by atoms with Crippen LogP contribution in [0.25, 0.3) is 0 Å². The predicted octanol–water partition coefficient (Wildman–Crippen LogP) is 2.73. The summed E-state index contributed by atoms with van der Waals surface area (Å²) in [4.78, 5) is 26.1. The summed E-state index contributed by atoms with van der Waals surface area (Å²) in [5.74, 6) is 2.36. The number of furan rings is 1. The van der Waals surface area contributed by atoms with E-state index < -0.39 is 0 Å². The Bertz CT molecular complexity index is 828. The summed E-state index contributed by atoms with van der Waals surface area (Å²) in [5, 5.41) is 2.76. The van der Waals surface area contributed by atoms with Gasteiger partial charge >= 0.3 is 0 Å². The van der Waals surface area contributed by atoms with Gasteiger partial charge in [0.2, 0.25) is 5.91 Å². The summed E-state index contributed by atoms with van der Waals surface area (Å²) in [6, 6.07) is 7.41. The second kappa shape index (κ2) is 9.82. The summed E-state index contributed by atoms with van der Waals surface area (Å²) >= 11 is 0. The summed E-state index contributed by atoms with van der Waals surface area (Å²) in [6.45, 7) is 4.39. The summed E-state index contributed by atoms with van der Waals surface area (Å²) in [5.41, 5.74) is 1.56. The Morgan fingerprint density at radius 2 is 1.82 bits per heavy atom. The van der Waals surface area contributed by atoms with Gasteiger partial charge < -0.3 is 24.1 Å². The van der Waals surface area contributed by atoms with Crippen molar-refractivity contribution >= 4 is 11.8 Å². The lowest BCUT2D eigenvalue weighted by molar-refractivity contribution is -0.129. The van der Waals surface area contributed by atoms with Crippen molar-refractivity contribution in [3.8, 4) is 11.5 Å². The molecular formula is C21H28N2O5. The summed E-state index contributed by atoms with van der Waals surface area (Å²) in [7, 11) is 4.95. The topological polar surface area (TPSA) is 81.0 Å². The van der Waals surface area contributed by atoms with Gasteiger partial charge in [-0.2, -0.15) is 0 Å². The molecule has 0 aliphatic heterocycles. The lowest BCUT2D eigenvalue weighted by Gasteiger charge is -2.18. The molecule has 1 heterocycles. The molecule has 0 bridgehead atoms. The van der Waals surface area contributed by atoms with Crippen molar-refractivity contribution in [2.24, 2.45) is 0 Å². The zero-order valence-electron chi connectivity index (χ0n) is 17.1. The van der Waals surface area contributed by atoms with E-state index in [1.165, 1.54) is 0 Å². The SMILES string of the molecule is COc1ccc(CCN(C)C(=O)CCNC(=O)c2cc(C)oc2C)cc1OC. The first-order valence-corrected chi connectivity index (χ1v) is 9.15. The van der Waals surface area contributed by atoms with Crippen molar-refractivity contribution in [3.63, 3.8) is 0 Å². The van der Waals surface area contributed by atoms with E-state index in [4.69, 9.17) is 13.9 Å². The van der Waals surface area contributed by atoms with E-state index in [9.17, 15) is 9.59 Å². The van der Waals surface area contributed by atoms with Crippen molar-refractivity contribution in [2.45, 2.75) is 26.7 Å². The fraction of sp³-hybridized carbons (Fsp3) is 0.429. The molecule has 0 saturated carbocycles. The van der Waals surface area contributed by atoms with E-state index in [1.54, 1.807) is 46.1 Å². The smallest absolute Gasteiger partial charge is 0.254 e. The monoisotopic (exact) mass is 388 g/mol. The van der Waals surface area contributed by atoms with Crippen molar-refractivity contribution in [2.75, 3.05) is 34.4 Å². The largest absolute Gasteiger partial charge is 0.493 e. The van der Waals surface area contributed by atoms with E-state index in [1.807, 2.05) is 18.2 Å². The highest BCUT2D eigenvalue weighted by Crippen LogP contribution is 2.27. The Kier molecular flexibility index (Phi) is 7.49. The lowest BCUT2D eigenvalue weighted by atomic mass is 10.1. The first kappa shape index (κ1) is 21.3. The van der Waals surface area contributed by atoms with Crippen LogP contribution in [0.4, 0.5) is 0 Å². The molecule has 2 aromatic rings. The van der Waals surface area contributed by atoms with Gasteiger partial charge in [0.25, 0.3) is 5.91 Å². The second-order valence-electron chi connectivity index (χ2n) is 6.59. The van der Waals surface area contributed by atoms with E-state index in [0.717, 1.165) is 5.56 Å². The quantitative estimate of drug-likeness (QED) is 0.714.